The second-order valence-electron chi connectivity index (χ2n) is 13.6. The van der Waals surface area contributed by atoms with E-state index in [1.807, 2.05) is 0 Å². The highest BCUT2D eigenvalue weighted by atomic mass is 15.5. The first-order valence-corrected chi connectivity index (χ1v) is 17.2. The van der Waals surface area contributed by atoms with Crippen molar-refractivity contribution in [1.29, 1.82) is 0 Å². The van der Waals surface area contributed by atoms with Crippen LogP contribution in [-0.2, 0) is 5.41 Å². The highest BCUT2D eigenvalue weighted by Crippen LogP contribution is 2.62. The van der Waals surface area contributed by atoms with Gasteiger partial charge in [0.1, 0.15) is 0 Å². The van der Waals surface area contributed by atoms with Crippen LogP contribution in [0.4, 0.5) is 5.69 Å². The van der Waals surface area contributed by atoms with Crippen LogP contribution in [0.5, 0.6) is 0 Å². The summed E-state index contributed by atoms with van der Waals surface area (Å²) in [6.07, 6.45) is 0.824. The van der Waals surface area contributed by atoms with Crippen LogP contribution < -0.4 is 5.01 Å². The highest BCUT2D eigenvalue weighted by molar-refractivity contribution is 6.05. The fourth-order valence-corrected chi connectivity index (χ4v) is 8.68. The quantitative estimate of drug-likeness (QED) is 0.190. The minimum Gasteiger partial charge on any atom is -0.257 e. The van der Waals surface area contributed by atoms with Crippen LogP contribution in [0.25, 0.3) is 33.4 Å². The van der Waals surface area contributed by atoms with E-state index in [2.05, 4.69) is 182 Å². The molecule has 2 aliphatic carbocycles. The van der Waals surface area contributed by atoms with Gasteiger partial charge in [0, 0.05) is 6.42 Å². The van der Waals surface area contributed by atoms with E-state index in [0.717, 1.165) is 17.8 Å². The molecule has 7 aromatic rings. The van der Waals surface area contributed by atoms with Crippen molar-refractivity contribution in [3.8, 4) is 33.4 Å². The summed E-state index contributed by atoms with van der Waals surface area (Å²) in [6, 6.07) is 62.7. The Morgan fingerprint density at radius 3 is 1.57 bits per heavy atom. The maximum absolute atomic E-state index is 5.40. The van der Waals surface area contributed by atoms with Gasteiger partial charge in [-0.15, -0.1) is 0 Å². The standard InChI is InChI=1S/C47H34N2/c1-31-19-21-32(22-20-31)33-23-25-34(26-24-33)46-30-45(48-49(46)36-11-3-2-4-12-36)35-27-28-40-39-15-7-10-18-43(39)47(44(40)29-35)41-16-8-5-13-37(41)38-14-6-9-17-42(38)47/h2-29,46H,30H2,1H3. The van der Waals surface area contributed by atoms with Gasteiger partial charge in [-0.1, -0.05) is 157 Å². The Kier molecular flexibility index (Phi) is 6.17. The molecule has 1 unspecified atom stereocenters. The Labute approximate surface area is 287 Å². The number of nitrogens with zero attached hydrogens (tertiary/aromatic N) is 2. The molecule has 0 N–H and O–H groups in total. The van der Waals surface area contributed by atoms with Crippen molar-refractivity contribution in [2.24, 2.45) is 5.10 Å². The lowest BCUT2D eigenvalue weighted by atomic mass is 9.70. The fraction of sp³-hybridized carbons (Fsp3) is 0.0851. The summed E-state index contributed by atoms with van der Waals surface area (Å²) in [5.41, 5.74) is 18.8. The summed E-state index contributed by atoms with van der Waals surface area (Å²) >= 11 is 0. The molecule has 49 heavy (non-hydrogen) atoms. The lowest BCUT2D eigenvalue weighted by molar-refractivity contribution is 0.709. The SMILES string of the molecule is Cc1ccc(-c2ccc(C3CC(c4ccc5c(c4)C4(c6ccccc6-c6ccccc64)c4ccccc4-5)=NN3c3ccccc3)cc2)cc1. The van der Waals surface area contributed by atoms with Crippen molar-refractivity contribution < 1.29 is 0 Å². The second-order valence-corrected chi connectivity index (χ2v) is 13.6. The van der Waals surface area contributed by atoms with Gasteiger partial charge in [0.15, 0.2) is 0 Å². The second kappa shape index (κ2) is 10.8. The molecule has 0 fully saturated rings. The van der Waals surface area contributed by atoms with E-state index >= 15 is 0 Å². The summed E-state index contributed by atoms with van der Waals surface area (Å²) in [5, 5.41) is 7.64. The van der Waals surface area contributed by atoms with E-state index in [-0.39, 0.29) is 11.5 Å². The third-order valence-corrected chi connectivity index (χ3v) is 10.9. The smallest absolute Gasteiger partial charge is 0.0831 e. The van der Waals surface area contributed by atoms with Crippen molar-refractivity contribution in [3.05, 3.63) is 209 Å². The van der Waals surface area contributed by atoms with E-state index in [9.17, 15) is 0 Å². The number of benzene rings is 7. The van der Waals surface area contributed by atoms with Crippen LogP contribution in [0.3, 0.4) is 0 Å². The number of fused-ring (bicyclic) bond motifs is 10. The Balaban J connectivity index is 1.10. The maximum atomic E-state index is 5.40. The van der Waals surface area contributed by atoms with E-state index in [4.69, 9.17) is 5.10 Å². The van der Waals surface area contributed by atoms with Gasteiger partial charge in [0.25, 0.3) is 0 Å². The first-order chi connectivity index (χ1) is 24.2. The third-order valence-electron chi connectivity index (χ3n) is 10.9. The number of hydrogen-bond acceptors (Lipinski definition) is 2. The predicted octanol–water partition coefficient (Wildman–Crippen LogP) is 11.4. The van der Waals surface area contributed by atoms with Gasteiger partial charge >= 0.3 is 0 Å². The van der Waals surface area contributed by atoms with Crippen LogP contribution >= 0.6 is 0 Å². The van der Waals surface area contributed by atoms with Crippen molar-refractivity contribution in [3.63, 3.8) is 0 Å². The summed E-state index contributed by atoms with van der Waals surface area (Å²) < 4.78 is 0. The molecule has 2 heteroatoms. The van der Waals surface area contributed by atoms with Crippen LogP contribution in [0.15, 0.2) is 175 Å². The summed E-state index contributed by atoms with van der Waals surface area (Å²) in [4.78, 5) is 0. The number of hydrogen-bond donors (Lipinski definition) is 0. The molecule has 1 aliphatic heterocycles. The molecule has 7 aromatic carbocycles. The van der Waals surface area contributed by atoms with Crippen LogP contribution in [0.1, 0.15) is 51.4 Å². The van der Waals surface area contributed by atoms with Gasteiger partial charge in [-0.3, -0.25) is 5.01 Å². The Morgan fingerprint density at radius 1 is 0.490 bits per heavy atom. The monoisotopic (exact) mass is 626 g/mol. The molecule has 0 amide bonds. The fourth-order valence-electron chi connectivity index (χ4n) is 8.68. The van der Waals surface area contributed by atoms with Gasteiger partial charge < -0.3 is 0 Å². The largest absolute Gasteiger partial charge is 0.257 e. The van der Waals surface area contributed by atoms with E-state index in [0.29, 0.717) is 0 Å². The summed E-state index contributed by atoms with van der Waals surface area (Å²) in [6.45, 7) is 2.13. The van der Waals surface area contributed by atoms with E-state index < -0.39 is 0 Å². The van der Waals surface area contributed by atoms with Gasteiger partial charge in [0.2, 0.25) is 0 Å². The minimum absolute atomic E-state index is 0.0943. The van der Waals surface area contributed by atoms with Crippen molar-refractivity contribution in [2.45, 2.75) is 24.8 Å². The maximum Gasteiger partial charge on any atom is 0.0831 e. The lowest BCUT2D eigenvalue weighted by Gasteiger charge is -2.30. The van der Waals surface area contributed by atoms with Gasteiger partial charge in [-0.25, -0.2) is 0 Å². The van der Waals surface area contributed by atoms with E-state index in [1.54, 1.807) is 0 Å². The van der Waals surface area contributed by atoms with Gasteiger partial charge in [-0.2, -0.15) is 5.10 Å². The topological polar surface area (TPSA) is 15.6 Å². The normalized spacial score (nSPS) is 16.2. The van der Waals surface area contributed by atoms with Crippen LogP contribution in [0.2, 0.25) is 0 Å². The van der Waals surface area contributed by atoms with Crippen molar-refractivity contribution in [1.82, 2.24) is 0 Å². The first-order valence-electron chi connectivity index (χ1n) is 17.2. The molecule has 232 valence electrons. The number of anilines is 1. The zero-order chi connectivity index (χ0) is 32.5. The number of rotatable bonds is 4. The van der Waals surface area contributed by atoms with E-state index in [1.165, 1.54) is 72.3 Å². The molecule has 10 rings (SSSR count). The number of para-hydroxylation sites is 1. The summed E-state index contributed by atoms with van der Waals surface area (Å²) in [5.74, 6) is 0. The van der Waals surface area contributed by atoms with Gasteiger partial charge in [-0.05, 0) is 91.9 Å². The number of aryl methyl sites for hydroxylation is 1. The van der Waals surface area contributed by atoms with Gasteiger partial charge in [0.05, 0.1) is 22.9 Å². The molecule has 2 nitrogen and oxygen atoms in total. The molecule has 0 saturated heterocycles. The molecule has 0 radical (unpaired) electrons. The third kappa shape index (κ3) is 4.10. The zero-order valence-electron chi connectivity index (χ0n) is 27.3. The minimum atomic E-state index is -0.362. The predicted molar refractivity (Wildman–Crippen MR) is 202 cm³/mol. The van der Waals surface area contributed by atoms with Crippen molar-refractivity contribution >= 4 is 11.4 Å². The Morgan fingerprint density at radius 2 is 0.980 bits per heavy atom. The average Bonchev–Trinajstić information content (AvgIpc) is 3.83. The molecular weight excluding hydrogens is 593 g/mol. The Bertz CT molecular complexity index is 2360. The molecular formula is C47H34N2. The molecule has 1 spiro atoms. The molecule has 3 aliphatic rings. The molecule has 0 aromatic heterocycles. The molecule has 1 atom stereocenters. The molecule has 0 saturated carbocycles. The van der Waals surface area contributed by atoms with Crippen LogP contribution in [-0.4, -0.2) is 5.71 Å². The Hall–Kier alpha value is -5.99. The average molecular weight is 627 g/mol. The van der Waals surface area contributed by atoms with Crippen LogP contribution in [0, 0.1) is 6.92 Å². The highest BCUT2D eigenvalue weighted by Gasteiger charge is 2.51. The number of hydrazone groups is 1. The zero-order valence-corrected chi connectivity index (χ0v) is 27.3. The summed E-state index contributed by atoms with van der Waals surface area (Å²) in [7, 11) is 0. The first kappa shape index (κ1) is 28.1. The van der Waals surface area contributed by atoms with Crippen molar-refractivity contribution in [2.75, 3.05) is 5.01 Å². The molecule has 1 heterocycles. The molecule has 0 bridgehead atoms. The lowest BCUT2D eigenvalue weighted by Crippen LogP contribution is -2.26.